The molecule has 0 aromatic rings. The van der Waals surface area contributed by atoms with Crippen LogP contribution in [0.2, 0.25) is 0 Å². The molecule has 0 aromatic carbocycles. The first-order valence-electron chi connectivity index (χ1n) is 8.64. The van der Waals surface area contributed by atoms with Crippen molar-refractivity contribution in [3.8, 4) is 0 Å². The quantitative estimate of drug-likeness (QED) is 0.546. The first-order valence-corrected chi connectivity index (χ1v) is 8.64. The molecule has 1 fully saturated rings. The highest BCUT2D eigenvalue weighted by Crippen LogP contribution is 2.50. The van der Waals surface area contributed by atoms with Crippen LogP contribution < -0.4 is 0 Å². The molecule has 3 rings (SSSR count). The van der Waals surface area contributed by atoms with Gasteiger partial charge in [0.1, 0.15) is 12.2 Å². The van der Waals surface area contributed by atoms with Crippen LogP contribution in [0.3, 0.4) is 0 Å². The van der Waals surface area contributed by atoms with Crippen molar-refractivity contribution < 1.29 is 34.1 Å². The molecule has 0 spiro atoms. The number of ketones is 1. The Bertz CT molecular complexity index is 860. The fraction of sp³-hybridized carbons (Fsp3) is 0.450. The number of allylic oxidation sites excluding steroid dienone is 2. The molecule has 7 nitrogen and oxygen atoms in total. The summed E-state index contributed by atoms with van der Waals surface area (Å²) < 4.78 is 10.8. The first kappa shape index (κ1) is 19.3. The standard InChI is InChI=1S/C20H22O7/c1-6-8(2)18(23)26-16-11(5)14-12(21)7-9(3)20(14,25)17-13(15(16)22)10(4)19(24)27-17/h6-7,13,15-17,22,25H,4H2,1-3,5H3/t13-,15-,16-,17+,20-/m1/s1. The van der Waals surface area contributed by atoms with Crippen molar-refractivity contribution in [2.45, 2.75) is 51.6 Å². The van der Waals surface area contributed by atoms with Gasteiger partial charge in [-0.05, 0) is 44.9 Å². The highest BCUT2D eigenvalue weighted by molar-refractivity contribution is 6.11. The summed E-state index contributed by atoms with van der Waals surface area (Å²) in [7, 11) is 0. The molecule has 0 unspecified atom stereocenters. The molecule has 0 saturated carbocycles. The fourth-order valence-electron chi connectivity index (χ4n) is 4.01. The van der Waals surface area contributed by atoms with Gasteiger partial charge in [-0.25, -0.2) is 9.59 Å². The number of carbonyl (C=O) groups excluding carboxylic acids is 3. The average Bonchev–Trinajstić information content (AvgIpc) is 3.02. The van der Waals surface area contributed by atoms with Gasteiger partial charge in [-0.3, -0.25) is 4.79 Å². The molecule has 0 aromatic heterocycles. The van der Waals surface area contributed by atoms with Crippen LogP contribution in [-0.4, -0.2) is 51.8 Å². The zero-order chi connectivity index (χ0) is 20.3. The Morgan fingerprint density at radius 2 is 2.00 bits per heavy atom. The lowest BCUT2D eigenvalue weighted by atomic mass is 9.78. The van der Waals surface area contributed by atoms with Gasteiger partial charge in [0, 0.05) is 16.7 Å². The van der Waals surface area contributed by atoms with Gasteiger partial charge in [-0.2, -0.15) is 0 Å². The Hall–Kier alpha value is -2.51. The maximum absolute atomic E-state index is 12.6. The van der Waals surface area contributed by atoms with Crippen LogP contribution in [0.5, 0.6) is 0 Å². The Labute approximate surface area is 156 Å². The smallest absolute Gasteiger partial charge is 0.334 e. The van der Waals surface area contributed by atoms with Crippen LogP contribution in [0.4, 0.5) is 0 Å². The van der Waals surface area contributed by atoms with Crippen LogP contribution in [0.25, 0.3) is 0 Å². The lowest BCUT2D eigenvalue weighted by Gasteiger charge is -2.33. The van der Waals surface area contributed by atoms with Gasteiger partial charge in [0.2, 0.25) is 0 Å². The molecule has 5 atom stereocenters. The number of aliphatic hydroxyl groups is 2. The van der Waals surface area contributed by atoms with E-state index in [-0.39, 0.29) is 16.7 Å². The van der Waals surface area contributed by atoms with Crippen molar-refractivity contribution >= 4 is 17.7 Å². The SMILES string of the molecule is C=C1C(=O)O[C@H]2[C@H]1[C@@H](O)[C@H](OC(=O)C(C)=CC)C(C)=C1C(=O)C=C(C)[C@@]12O. The largest absolute Gasteiger partial charge is 0.454 e. The number of hydrogen-bond acceptors (Lipinski definition) is 7. The predicted molar refractivity (Wildman–Crippen MR) is 94.2 cm³/mol. The van der Waals surface area contributed by atoms with Gasteiger partial charge in [0.05, 0.1) is 5.92 Å². The van der Waals surface area contributed by atoms with Gasteiger partial charge in [0.15, 0.2) is 17.5 Å². The van der Waals surface area contributed by atoms with Crippen molar-refractivity contribution in [2.75, 3.05) is 0 Å². The second kappa shape index (κ2) is 6.28. The van der Waals surface area contributed by atoms with E-state index in [9.17, 15) is 24.6 Å². The highest BCUT2D eigenvalue weighted by atomic mass is 16.6. The summed E-state index contributed by atoms with van der Waals surface area (Å²) >= 11 is 0. The van der Waals surface area contributed by atoms with Crippen LogP contribution in [0.15, 0.2) is 46.6 Å². The van der Waals surface area contributed by atoms with Crippen LogP contribution in [0, 0.1) is 5.92 Å². The van der Waals surface area contributed by atoms with Crippen LogP contribution >= 0.6 is 0 Å². The van der Waals surface area contributed by atoms with Gasteiger partial charge < -0.3 is 19.7 Å². The normalized spacial score (nSPS) is 36.1. The van der Waals surface area contributed by atoms with E-state index in [1.165, 1.54) is 13.0 Å². The number of ether oxygens (including phenoxy) is 2. The lowest BCUT2D eigenvalue weighted by molar-refractivity contribution is -0.154. The lowest BCUT2D eigenvalue weighted by Crippen LogP contribution is -2.49. The molecular formula is C20H22O7. The monoisotopic (exact) mass is 374 g/mol. The Morgan fingerprint density at radius 1 is 1.37 bits per heavy atom. The molecule has 1 heterocycles. The van der Waals surface area contributed by atoms with E-state index < -0.39 is 47.6 Å². The molecule has 0 radical (unpaired) electrons. The maximum atomic E-state index is 12.6. The number of hydrogen-bond donors (Lipinski definition) is 2. The second-order valence-electron chi connectivity index (χ2n) is 7.18. The first-order chi connectivity index (χ1) is 12.5. The molecule has 1 aliphatic heterocycles. The average molecular weight is 374 g/mol. The third-order valence-electron chi connectivity index (χ3n) is 5.70. The van der Waals surface area contributed by atoms with Crippen molar-refractivity contribution in [3.05, 3.63) is 46.6 Å². The summed E-state index contributed by atoms with van der Waals surface area (Å²) in [6, 6.07) is 0. The molecule has 2 N–H and O–H groups in total. The summed E-state index contributed by atoms with van der Waals surface area (Å²) in [6.07, 6.45) is -1.06. The number of carbonyl (C=O) groups is 3. The van der Waals surface area contributed by atoms with E-state index in [1.807, 2.05) is 0 Å². The number of aliphatic hydroxyl groups excluding tert-OH is 1. The van der Waals surface area contributed by atoms with Crippen molar-refractivity contribution in [1.29, 1.82) is 0 Å². The molecule has 3 aliphatic rings. The Kier molecular flexibility index (Phi) is 4.48. The van der Waals surface area contributed by atoms with E-state index >= 15 is 0 Å². The molecule has 7 heteroatoms. The maximum Gasteiger partial charge on any atom is 0.334 e. The molecular weight excluding hydrogens is 352 g/mol. The minimum atomic E-state index is -1.90. The van der Waals surface area contributed by atoms with Gasteiger partial charge in [-0.15, -0.1) is 0 Å². The fourth-order valence-corrected chi connectivity index (χ4v) is 4.01. The summed E-state index contributed by atoms with van der Waals surface area (Å²) in [4.78, 5) is 37.0. The Balaban J connectivity index is 2.19. The minimum absolute atomic E-state index is 0.0362. The van der Waals surface area contributed by atoms with Crippen molar-refractivity contribution in [3.63, 3.8) is 0 Å². The van der Waals surface area contributed by atoms with Gasteiger partial charge >= 0.3 is 11.9 Å². The van der Waals surface area contributed by atoms with Crippen LogP contribution in [-0.2, 0) is 23.9 Å². The van der Waals surface area contributed by atoms with Gasteiger partial charge in [0.25, 0.3) is 0 Å². The summed E-state index contributed by atoms with van der Waals surface area (Å²) in [5.41, 5.74) is -1.14. The van der Waals surface area contributed by atoms with Gasteiger partial charge in [-0.1, -0.05) is 12.7 Å². The van der Waals surface area contributed by atoms with Crippen molar-refractivity contribution in [2.24, 2.45) is 5.92 Å². The Morgan fingerprint density at radius 3 is 2.59 bits per heavy atom. The van der Waals surface area contributed by atoms with E-state index in [0.717, 1.165) is 0 Å². The third-order valence-corrected chi connectivity index (χ3v) is 5.70. The summed E-state index contributed by atoms with van der Waals surface area (Å²) in [6.45, 7) is 9.96. The number of rotatable bonds is 2. The summed E-state index contributed by atoms with van der Waals surface area (Å²) in [5, 5.41) is 22.4. The topological polar surface area (TPSA) is 110 Å². The zero-order valence-electron chi connectivity index (χ0n) is 15.6. The molecule has 27 heavy (non-hydrogen) atoms. The molecule has 144 valence electrons. The minimum Gasteiger partial charge on any atom is -0.454 e. The van der Waals surface area contributed by atoms with Crippen LogP contribution in [0.1, 0.15) is 27.7 Å². The van der Waals surface area contributed by atoms with E-state index in [0.29, 0.717) is 11.1 Å². The van der Waals surface area contributed by atoms with Crippen molar-refractivity contribution in [1.82, 2.24) is 0 Å². The third kappa shape index (κ3) is 2.53. The molecule has 0 amide bonds. The van der Waals surface area contributed by atoms with E-state index in [4.69, 9.17) is 9.47 Å². The zero-order valence-corrected chi connectivity index (χ0v) is 15.6. The highest BCUT2D eigenvalue weighted by Gasteiger charge is 2.63. The molecule has 1 saturated heterocycles. The molecule has 0 bridgehead atoms. The van der Waals surface area contributed by atoms with E-state index in [2.05, 4.69) is 6.58 Å². The predicted octanol–water partition coefficient (Wildman–Crippen LogP) is 0.913. The summed E-state index contributed by atoms with van der Waals surface area (Å²) in [5.74, 6) is -2.95. The number of esters is 2. The van der Waals surface area contributed by atoms with E-state index in [1.54, 1.807) is 26.8 Å². The molecule has 2 aliphatic carbocycles. The second-order valence-corrected chi connectivity index (χ2v) is 7.18. The number of fused-ring (bicyclic) bond motifs is 3.